The summed E-state index contributed by atoms with van der Waals surface area (Å²) < 4.78 is 0. The van der Waals surface area contributed by atoms with Crippen molar-refractivity contribution in [2.45, 2.75) is 0 Å². The summed E-state index contributed by atoms with van der Waals surface area (Å²) in [4.78, 5) is 10.2. The van der Waals surface area contributed by atoms with Gasteiger partial charge in [0.05, 0.1) is 0 Å². The van der Waals surface area contributed by atoms with E-state index < -0.39 is 5.97 Å². The van der Waals surface area contributed by atoms with Crippen LogP contribution in [0.1, 0.15) is 5.56 Å². The number of carboxylic acid groups (broad SMARTS) is 1. The topological polar surface area (TPSA) is 57.5 Å². The number of hydrogen-bond acceptors (Lipinski definition) is 2. The van der Waals surface area contributed by atoms with Gasteiger partial charge in [0.2, 0.25) is 0 Å². The van der Waals surface area contributed by atoms with Crippen LogP contribution in [0.3, 0.4) is 0 Å². The lowest BCUT2D eigenvalue weighted by Gasteiger charge is -1.96. The standard InChI is InChI=1S/C9H7ClO3/c10-7-3-6(1-2-9(12)13)4-8(11)5-7/h1-5,11H,(H,12,13)/b2-1+. The molecule has 0 bridgehead atoms. The molecule has 2 N–H and O–H groups in total. The Hall–Kier alpha value is -1.48. The molecule has 0 unspecified atom stereocenters. The SMILES string of the molecule is O=C(O)/C=C/c1cc(O)cc(Cl)c1. The van der Waals surface area contributed by atoms with Gasteiger partial charge in [0.25, 0.3) is 0 Å². The predicted molar refractivity (Wildman–Crippen MR) is 49.8 cm³/mol. The first-order valence-electron chi connectivity index (χ1n) is 3.48. The Morgan fingerprint density at radius 1 is 1.38 bits per heavy atom. The molecule has 1 aromatic rings. The fourth-order valence-electron chi connectivity index (χ4n) is 0.860. The Kier molecular flexibility index (Phi) is 2.93. The van der Waals surface area contributed by atoms with Crippen LogP contribution in [0.4, 0.5) is 0 Å². The smallest absolute Gasteiger partial charge is 0.328 e. The lowest BCUT2D eigenvalue weighted by molar-refractivity contribution is -0.131. The van der Waals surface area contributed by atoms with E-state index in [4.69, 9.17) is 21.8 Å². The highest BCUT2D eigenvalue weighted by Gasteiger charge is 1.95. The van der Waals surface area contributed by atoms with Crippen LogP contribution in [0, 0.1) is 0 Å². The van der Waals surface area contributed by atoms with Crippen molar-refractivity contribution in [2.75, 3.05) is 0 Å². The molecule has 0 aliphatic carbocycles. The number of halogens is 1. The normalized spacial score (nSPS) is 10.5. The van der Waals surface area contributed by atoms with E-state index in [1.54, 1.807) is 6.07 Å². The maximum atomic E-state index is 10.2. The molecular weight excluding hydrogens is 192 g/mol. The van der Waals surface area contributed by atoms with Crippen LogP contribution in [0.5, 0.6) is 5.75 Å². The summed E-state index contributed by atoms with van der Waals surface area (Å²) >= 11 is 5.62. The number of rotatable bonds is 2. The second-order valence-corrected chi connectivity index (χ2v) is 2.85. The third-order valence-electron chi connectivity index (χ3n) is 1.32. The van der Waals surface area contributed by atoms with Crippen LogP contribution in [0.2, 0.25) is 5.02 Å². The molecule has 0 heterocycles. The van der Waals surface area contributed by atoms with Gasteiger partial charge in [0, 0.05) is 11.1 Å². The first kappa shape index (κ1) is 9.61. The maximum absolute atomic E-state index is 10.2. The summed E-state index contributed by atoms with van der Waals surface area (Å²) in [5.74, 6) is -1.03. The van der Waals surface area contributed by atoms with E-state index in [1.165, 1.54) is 18.2 Å². The van der Waals surface area contributed by atoms with Crippen molar-refractivity contribution in [2.24, 2.45) is 0 Å². The van der Waals surface area contributed by atoms with Gasteiger partial charge in [-0.05, 0) is 29.8 Å². The van der Waals surface area contributed by atoms with Gasteiger partial charge >= 0.3 is 5.97 Å². The molecule has 68 valence electrons. The predicted octanol–water partition coefficient (Wildman–Crippen LogP) is 2.14. The van der Waals surface area contributed by atoms with Crippen molar-refractivity contribution in [3.8, 4) is 5.75 Å². The van der Waals surface area contributed by atoms with Gasteiger partial charge in [-0.15, -0.1) is 0 Å². The van der Waals surface area contributed by atoms with E-state index >= 15 is 0 Å². The van der Waals surface area contributed by atoms with Crippen molar-refractivity contribution in [1.82, 2.24) is 0 Å². The number of benzene rings is 1. The van der Waals surface area contributed by atoms with Crippen LogP contribution in [0.15, 0.2) is 24.3 Å². The van der Waals surface area contributed by atoms with E-state index in [0.29, 0.717) is 10.6 Å². The highest BCUT2D eigenvalue weighted by Crippen LogP contribution is 2.20. The second kappa shape index (κ2) is 3.96. The van der Waals surface area contributed by atoms with E-state index in [0.717, 1.165) is 6.08 Å². The molecule has 0 fully saturated rings. The number of aromatic hydroxyl groups is 1. The minimum atomic E-state index is -1.04. The fourth-order valence-corrected chi connectivity index (χ4v) is 1.10. The zero-order valence-corrected chi connectivity index (χ0v) is 7.32. The third-order valence-corrected chi connectivity index (χ3v) is 1.54. The molecule has 0 aliphatic rings. The lowest BCUT2D eigenvalue weighted by atomic mass is 10.2. The Balaban J connectivity index is 2.95. The molecule has 3 nitrogen and oxygen atoms in total. The quantitative estimate of drug-likeness (QED) is 0.716. The second-order valence-electron chi connectivity index (χ2n) is 2.41. The summed E-state index contributed by atoms with van der Waals surface area (Å²) in [5, 5.41) is 17.8. The Bertz CT molecular complexity index is 338. The van der Waals surface area contributed by atoms with Gasteiger partial charge in [-0.25, -0.2) is 4.79 Å². The van der Waals surface area contributed by atoms with Gasteiger partial charge < -0.3 is 10.2 Å². The van der Waals surface area contributed by atoms with Gasteiger partial charge in [0.15, 0.2) is 0 Å². The largest absolute Gasteiger partial charge is 0.508 e. The van der Waals surface area contributed by atoms with Crippen LogP contribution in [-0.2, 0) is 4.79 Å². The van der Waals surface area contributed by atoms with Crippen molar-refractivity contribution in [1.29, 1.82) is 0 Å². The van der Waals surface area contributed by atoms with Crippen LogP contribution < -0.4 is 0 Å². The average Bonchev–Trinajstić information content (AvgIpc) is 1.99. The fraction of sp³-hybridized carbons (Fsp3) is 0. The van der Waals surface area contributed by atoms with Gasteiger partial charge in [-0.2, -0.15) is 0 Å². The highest BCUT2D eigenvalue weighted by atomic mass is 35.5. The van der Waals surface area contributed by atoms with Crippen LogP contribution in [-0.4, -0.2) is 16.2 Å². The summed E-state index contributed by atoms with van der Waals surface area (Å²) in [7, 11) is 0. The van der Waals surface area contributed by atoms with Crippen molar-refractivity contribution < 1.29 is 15.0 Å². The molecule has 0 saturated heterocycles. The van der Waals surface area contributed by atoms with Gasteiger partial charge in [0.1, 0.15) is 5.75 Å². The molecule has 1 rings (SSSR count). The number of aliphatic carboxylic acids is 1. The molecule has 0 atom stereocenters. The van der Waals surface area contributed by atoms with Crippen molar-refractivity contribution in [3.63, 3.8) is 0 Å². The number of phenols is 1. The molecule has 0 spiro atoms. The zero-order chi connectivity index (χ0) is 9.84. The third kappa shape index (κ3) is 3.17. The minimum Gasteiger partial charge on any atom is -0.508 e. The Morgan fingerprint density at radius 3 is 2.62 bits per heavy atom. The number of carbonyl (C=O) groups is 1. The summed E-state index contributed by atoms with van der Waals surface area (Å²) in [6, 6.07) is 4.35. The molecule has 0 aliphatic heterocycles. The van der Waals surface area contributed by atoms with Gasteiger partial charge in [-0.3, -0.25) is 0 Å². The molecule has 1 aromatic carbocycles. The molecule has 4 heteroatoms. The van der Waals surface area contributed by atoms with Crippen molar-refractivity contribution >= 4 is 23.6 Å². The monoisotopic (exact) mass is 198 g/mol. The highest BCUT2D eigenvalue weighted by molar-refractivity contribution is 6.30. The maximum Gasteiger partial charge on any atom is 0.328 e. The number of phenolic OH excluding ortho intramolecular Hbond substituents is 1. The number of hydrogen-bond donors (Lipinski definition) is 2. The molecular formula is C9H7ClO3. The summed E-state index contributed by atoms with van der Waals surface area (Å²) in [6.45, 7) is 0. The summed E-state index contributed by atoms with van der Waals surface area (Å²) in [6.07, 6.45) is 2.33. The molecule has 13 heavy (non-hydrogen) atoms. The summed E-state index contributed by atoms with van der Waals surface area (Å²) in [5.41, 5.74) is 0.549. The van der Waals surface area contributed by atoms with E-state index in [1.807, 2.05) is 0 Å². The number of carboxylic acids is 1. The van der Waals surface area contributed by atoms with E-state index in [9.17, 15) is 4.79 Å². The van der Waals surface area contributed by atoms with E-state index in [2.05, 4.69) is 0 Å². The zero-order valence-electron chi connectivity index (χ0n) is 6.57. The minimum absolute atomic E-state index is 0.0116. The Labute approximate surface area is 79.9 Å². The molecule has 0 amide bonds. The molecule has 0 radical (unpaired) electrons. The lowest BCUT2D eigenvalue weighted by Crippen LogP contribution is -1.85. The first-order chi connectivity index (χ1) is 6.08. The van der Waals surface area contributed by atoms with Crippen molar-refractivity contribution in [3.05, 3.63) is 34.9 Å². The first-order valence-corrected chi connectivity index (χ1v) is 3.86. The van der Waals surface area contributed by atoms with Crippen LogP contribution >= 0.6 is 11.6 Å². The van der Waals surface area contributed by atoms with Gasteiger partial charge in [-0.1, -0.05) is 11.6 Å². The average molecular weight is 199 g/mol. The Morgan fingerprint density at radius 2 is 2.08 bits per heavy atom. The molecule has 0 aromatic heterocycles. The van der Waals surface area contributed by atoms with Crippen LogP contribution in [0.25, 0.3) is 6.08 Å². The van der Waals surface area contributed by atoms with E-state index in [-0.39, 0.29) is 5.75 Å². The molecule has 0 saturated carbocycles.